The Hall–Kier alpha value is -1.98. The molecule has 0 saturated heterocycles. The molecule has 3 aromatic rings. The first-order chi connectivity index (χ1) is 10.4. The predicted octanol–water partition coefficient (Wildman–Crippen LogP) is 3.10. The lowest BCUT2D eigenvalue weighted by atomic mass is 10.0. The normalized spacial score (nSPS) is 18.6. The summed E-state index contributed by atoms with van der Waals surface area (Å²) >= 11 is 1.72. The highest BCUT2D eigenvalue weighted by Gasteiger charge is 2.28. The first-order valence-corrected chi connectivity index (χ1v) is 7.94. The van der Waals surface area contributed by atoms with Gasteiger partial charge in [0.2, 0.25) is 0 Å². The summed E-state index contributed by atoms with van der Waals surface area (Å²) in [6, 6.07) is 11.1. The summed E-state index contributed by atoms with van der Waals surface area (Å²) in [6.45, 7) is 2.76. The van der Waals surface area contributed by atoms with Crippen LogP contribution in [0.5, 0.6) is 0 Å². The number of thiazole rings is 1. The molecule has 0 unspecified atom stereocenters. The van der Waals surface area contributed by atoms with E-state index in [0.717, 1.165) is 25.5 Å². The Labute approximate surface area is 127 Å². The molecular formula is C16H16N4S. The molecular weight excluding hydrogens is 280 g/mol. The van der Waals surface area contributed by atoms with Gasteiger partial charge >= 0.3 is 0 Å². The van der Waals surface area contributed by atoms with E-state index in [1.54, 1.807) is 11.3 Å². The minimum atomic E-state index is 0.384. The molecule has 0 fully saturated rings. The molecule has 5 heteroatoms. The van der Waals surface area contributed by atoms with Gasteiger partial charge in [0.05, 0.1) is 18.1 Å². The second kappa shape index (κ2) is 5.42. The average Bonchev–Trinajstić information content (AvgIpc) is 3.18. The Balaban J connectivity index is 1.67. The number of benzene rings is 1. The van der Waals surface area contributed by atoms with Crippen LogP contribution in [0.2, 0.25) is 0 Å². The number of imidazole rings is 1. The molecule has 3 heterocycles. The van der Waals surface area contributed by atoms with Gasteiger partial charge in [-0.1, -0.05) is 30.3 Å². The van der Waals surface area contributed by atoms with Crippen LogP contribution in [0.15, 0.2) is 54.4 Å². The van der Waals surface area contributed by atoms with Crippen molar-refractivity contribution < 1.29 is 0 Å². The van der Waals surface area contributed by atoms with Crippen LogP contribution >= 0.6 is 11.3 Å². The van der Waals surface area contributed by atoms with Gasteiger partial charge in [0, 0.05) is 36.6 Å². The summed E-state index contributed by atoms with van der Waals surface area (Å²) in [5.74, 6) is 1.15. The first-order valence-electron chi connectivity index (χ1n) is 7.06. The lowest BCUT2D eigenvalue weighted by molar-refractivity contribution is 0.129. The molecule has 0 saturated carbocycles. The maximum Gasteiger partial charge on any atom is 0.122 e. The summed E-state index contributed by atoms with van der Waals surface area (Å²) in [5, 5.41) is 0. The zero-order valence-corrected chi connectivity index (χ0v) is 12.4. The predicted molar refractivity (Wildman–Crippen MR) is 82.8 cm³/mol. The molecule has 2 aromatic heterocycles. The topological polar surface area (TPSA) is 34.0 Å². The standard InChI is InChI=1S/C16H16N4S/c1-2-4-13(5-3-1)15-10-19-7-6-18-16(19)11-20(15)9-14-8-17-12-21-14/h1-8,12,15H,9-11H2/t15-/m0/s1. The molecule has 1 atom stereocenters. The van der Waals surface area contributed by atoms with Crippen molar-refractivity contribution in [2.75, 3.05) is 0 Å². The molecule has 0 aliphatic carbocycles. The van der Waals surface area contributed by atoms with Crippen LogP contribution in [-0.4, -0.2) is 19.4 Å². The first kappa shape index (κ1) is 12.7. The monoisotopic (exact) mass is 296 g/mol. The van der Waals surface area contributed by atoms with E-state index in [0.29, 0.717) is 6.04 Å². The van der Waals surface area contributed by atoms with Crippen LogP contribution < -0.4 is 0 Å². The zero-order valence-electron chi connectivity index (χ0n) is 11.6. The molecule has 0 spiro atoms. The third kappa shape index (κ3) is 2.50. The number of aromatic nitrogens is 3. The van der Waals surface area contributed by atoms with Crippen LogP contribution in [0.1, 0.15) is 22.3 Å². The Bertz CT molecular complexity index is 705. The van der Waals surface area contributed by atoms with Crippen molar-refractivity contribution >= 4 is 11.3 Å². The van der Waals surface area contributed by atoms with E-state index in [-0.39, 0.29) is 0 Å². The fourth-order valence-electron chi connectivity index (χ4n) is 2.93. The SMILES string of the molecule is c1ccc([C@@H]2Cn3ccnc3CN2Cc2cncs2)cc1. The van der Waals surface area contributed by atoms with Crippen molar-refractivity contribution in [1.29, 1.82) is 0 Å². The molecule has 21 heavy (non-hydrogen) atoms. The highest BCUT2D eigenvalue weighted by atomic mass is 32.1. The molecule has 0 amide bonds. The summed E-state index contributed by atoms with van der Waals surface area (Å²) in [5.41, 5.74) is 3.26. The highest BCUT2D eigenvalue weighted by Crippen LogP contribution is 2.30. The van der Waals surface area contributed by atoms with Gasteiger partial charge in [-0.3, -0.25) is 9.88 Å². The summed E-state index contributed by atoms with van der Waals surface area (Å²) < 4.78 is 2.26. The van der Waals surface area contributed by atoms with Crippen molar-refractivity contribution in [3.05, 3.63) is 70.7 Å². The van der Waals surface area contributed by atoms with E-state index in [1.165, 1.54) is 10.4 Å². The van der Waals surface area contributed by atoms with Crippen LogP contribution in [0.3, 0.4) is 0 Å². The third-order valence-corrected chi connectivity index (χ3v) is 4.75. The van der Waals surface area contributed by atoms with Gasteiger partial charge < -0.3 is 4.57 Å². The second-order valence-corrected chi connectivity index (χ2v) is 6.27. The van der Waals surface area contributed by atoms with Crippen LogP contribution in [0.25, 0.3) is 0 Å². The lowest BCUT2D eigenvalue weighted by Crippen LogP contribution is -2.36. The Morgan fingerprint density at radius 2 is 2.14 bits per heavy atom. The minimum Gasteiger partial charge on any atom is -0.332 e. The summed E-state index contributed by atoms with van der Waals surface area (Å²) in [4.78, 5) is 12.5. The second-order valence-electron chi connectivity index (χ2n) is 5.30. The van der Waals surface area contributed by atoms with Gasteiger partial charge in [0.1, 0.15) is 5.82 Å². The molecule has 1 aliphatic rings. The van der Waals surface area contributed by atoms with Gasteiger partial charge in [0.25, 0.3) is 0 Å². The Kier molecular flexibility index (Phi) is 3.29. The minimum absolute atomic E-state index is 0.384. The molecule has 106 valence electrons. The maximum absolute atomic E-state index is 4.47. The Morgan fingerprint density at radius 3 is 2.95 bits per heavy atom. The van der Waals surface area contributed by atoms with Crippen molar-refractivity contribution in [3.63, 3.8) is 0 Å². The number of fused-ring (bicyclic) bond motifs is 1. The quantitative estimate of drug-likeness (QED) is 0.745. The zero-order chi connectivity index (χ0) is 14.1. The molecule has 0 radical (unpaired) electrons. The number of rotatable bonds is 3. The van der Waals surface area contributed by atoms with Crippen molar-refractivity contribution in [1.82, 2.24) is 19.4 Å². The molecule has 1 aromatic carbocycles. The molecule has 1 aliphatic heterocycles. The molecule has 4 rings (SSSR count). The van der Waals surface area contributed by atoms with Gasteiger partial charge in [-0.2, -0.15) is 0 Å². The third-order valence-electron chi connectivity index (χ3n) is 3.98. The van der Waals surface area contributed by atoms with Crippen molar-refractivity contribution in [2.24, 2.45) is 0 Å². The van der Waals surface area contributed by atoms with Gasteiger partial charge in [-0.25, -0.2) is 4.98 Å². The van der Waals surface area contributed by atoms with Crippen LogP contribution in [-0.2, 0) is 19.6 Å². The van der Waals surface area contributed by atoms with Gasteiger partial charge in [0.15, 0.2) is 0 Å². The lowest BCUT2D eigenvalue weighted by Gasteiger charge is -2.36. The van der Waals surface area contributed by atoms with Crippen molar-refractivity contribution in [3.8, 4) is 0 Å². The van der Waals surface area contributed by atoms with E-state index in [9.17, 15) is 0 Å². The van der Waals surface area contributed by atoms with E-state index in [4.69, 9.17) is 0 Å². The fraction of sp³-hybridized carbons (Fsp3) is 0.250. The van der Waals surface area contributed by atoms with Crippen molar-refractivity contribution in [2.45, 2.75) is 25.7 Å². The Morgan fingerprint density at radius 1 is 1.24 bits per heavy atom. The maximum atomic E-state index is 4.47. The van der Waals surface area contributed by atoms with Crippen LogP contribution in [0, 0.1) is 0 Å². The fourth-order valence-corrected chi connectivity index (χ4v) is 3.55. The number of hydrogen-bond acceptors (Lipinski definition) is 4. The molecule has 0 bridgehead atoms. The number of hydrogen-bond donors (Lipinski definition) is 0. The molecule has 4 nitrogen and oxygen atoms in total. The van der Waals surface area contributed by atoms with E-state index in [1.807, 2.05) is 17.9 Å². The summed E-state index contributed by atoms with van der Waals surface area (Å²) in [6.07, 6.45) is 5.94. The van der Waals surface area contributed by atoms with E-state index < -0.39 is 0 Å². The molecule has 0 N–H and O–H groups in total. The van der Waals surface area contributed by atoms with Gasteiger partial charge in [-0.05, 0) is 5.56 Å². The number of nitrogens with zero attached hydrogens (tertiary/aromatic N) is 4. The smallest absolute Gasteiger partial charge is 0.122 e. The largest absolute Gasteiger partial charge is 0.332 e. The highest BCUT2D eigenvalue weighted by molar-refractivity contribution is 7.09. The van der Waals surface area contributed by atoms with E-state index in [2.05, 4.69) is 56.0 Å². The van der Waals surface area contributed by atoms with E-state index >= 15 is 0 Å². The van der Waals surface area contributed by atoms with Gasteiger partial charge in [-0.15, -0.1) is 11.3 Å². The van der Waals surface area contributed by atoms with Crippen LogP contribution in [0.4, 0.5) is 0 Å². The summed E-state index contributed by atoms with van der Waals surface area (Å²) in [7, 11) is 0. The average molecular weight is 296 g/mol.